The molecule has 0 heterocycles. The van der Waals surface area contributed by atoms with E-state index in [4.69, 9.17) is 0 Å². The lowest BCUT2D eigenvalue weighted by Crippen LogP contribution is -2.38. The molecule has 2 rings (SSSR count). The normalized spacial score (nSPS) is 14.6. The van der Waals surface area contributed by atoms with Crippen molar-refractivity contribution >= 4 is 11.8 Å². The van der Waals surface area contributed by atoms with Crippen molar-refractivity contribution in [2.45, 2.75) is 0 Å². The largest absolute Gasteiger partial charge is 0.627 e. The zero-order valence-electron chi connectivity index (χ0n) is 10.5. The third-order valence-electron chi connectivity index (χ3n) is 2.87. The van der Waals surface area contributed by atoms with Gasteiger partial charge in [0, 0.05) is 0 Å². The summed E-state index contributed by atoms with van der Waals surface area (Å²) in [6.45, 7) is 0.429. The lowest BCUT2D eigenvalue weighted by atomic mass is 10.2. The van der Waals surface area contributed by atoms with Gasteiger partial charge in [-0.2, -0.15) is 0 Å². The van der Waals surface area contributed by atoms with E-state index in [1.54, 1.807) is 7.05 Å². The van der Waals surface area contributed by atoms with E-state index in [0.717, 1.165) is 11.3 Å². The molecule has 0 amide bonds. The van der Waals surface area contributed by atoms with Gasteiger partial charge in [-0.05, 0) is 23.8 Å². The number of hydrogen-bond acceptors (Lipinski definition) is 1. The van der Waals surface area contributed by atoms with Gasteiger partial charge >= 0.3 is 0 Å². The highest BCUT2D eigenvalue weighted by molar-refractivity contribution is 5.50. The molecule has 0 saturated heterocycles. The number of likely N-dealkylation sites (N-methyl/N-ethyl adjacent to an activating group) is 1. The van der Waals surface area contributed by atoms with Crippen molar-refractivity contribution in [3.8, 4) is 0 Å². The Balaban J connectivity index is 2.04. The van der Waals surface area contributed by atoms with Gasteiger partial charge in [-0.25, -0.2) is 0 Å². The van der Waals surface area contributed by atoms with E-state index < -0.39 is 0 Å². The standard InChI is InChI=1S/C16H17NO/c1-17(18,16-12-6-3-7-13-16)14-8-11-15-9-4-2-5-10-15/h2-13H,14H2,1H3/b11-8+. The number of hydrogen-bond donors (Lipinski definition) is 0. The fourth-order valence-corrected chi connectivity index (χ4v) is 1.80. The van der Waals surface area contributed by atoms with Crippen LogP contribution in [-0.4, -0.2) is 13.6 Å². The van der Waals surface area contributed by atoms with Crippen LogP contribution in [0.2, 0.25) is 0 Å². The summed E-state index contributed by atoms with van der Waals surface area (Å²) in [4.78, 5) is 0. The zero-order chi connectivity index (χ0) is 12.8. The first-order chi connectivity index (χ1) is 8.68. The van der Waals surface area contributed by atoms with E-state index >= 15 is 0 Å². The maximum Gasteiger partial charge on any atom is 0.132 e. The molecule has 2 heteroatoms. The third kappa shape index (κ3) is 3.29. The van der Waals surface area contributed by atoms with E-state index in [0.29, 0.717) is 6.54 Å². The first kappa shape index (κ1) is 12.6. The van der Waals surface area contributed by atoms with Gasteiger partial charge < -0.3 is 9.85 Å². The second-order valence-corrected chi connectivity index (χ2v) is 4.43. The lowest BCUT2D eigenvalue weighted by molar-refractivity contribution is 0.494. The highest BCUT2D eigenvalue weighted by Crippen LogP contribution is 2.18. The van der Waals surface area contributed by atoms with E-state index in [1.807, 2.05) is 72.8 Å². The summed E-state index contributed by atoms with van der Waals surface area (Å²) in [5.41, 5.74) is 1.89. The van der Waals surface area contributed by atoms with Gasteiger partial charge in [0.15, 0.2) is 0 Å². The minimum Gasteiger partial charge on any atom is -0.627 e. The molecule has 0 fully saturated rings. The number of quaternary nitrogens is 1. The van der Waals surface area contributed by atoms with Crippen molar-refractivity contribution in [2.75, 3.05) is 13.6 Å². The summed E-state index contributed by atoms with van der Waals surface area (Å²) in [6.07, 6.45) is 3.91. The van der Waals surface area contributed by atoms with Crippen LogP contribution >= 0.6 is 0 Å². The molecule has 0 bridgehead atoms. The number of rotatable bonds is 4. The number of benzene rings is 2. The van der Waals surface area contributed by atoms with Crippen molar-refractivity contribution in [2.24, 2.45) is 0 Å². The van der Waals surface area contributed by atoms with Crippen molar-refractivity contribution in [1.82, 2.24) is 4.65 Å². The Morgan fingerprint density at radius 2 is 1.50 bits per heavy atom. The Morgan fingerprint density at radius 3 is 2.11 bits per heavy atom. The van der Waals surface area contributed by atoms with Crippen LogP contribution in [0.4, 0.5) is 5.69 Å². The van der Waals surface area contributed by atoms with Gasteiger partial charge in [0.2, 0.25) is 0 Å². The van der Waals surface area contributed by atoms with Gasteiger partial charge in [-0.3, -0.25) is 0 Å². The van der Waals surface area contributed by atoms with Crippen LogP contribution in [0.15, 0.2) is 66.7 Å². The summed E-state index contributed by atoms with van der Waals surface area (Å²) in [7, 11) is 1.67. The number of para-hydroxylation sites is 1. The fraction of sp³-hybridized carbons (Fsp3) is 0.125. The van der Waals surface area contributed by atoms with E-state index in [2.05, 4.69) is 0 Å². The average molecular weight is 239 g/mol. The Labute approximate surface area is 108 Å². The van der Waals surface area contributed by atoms with E-state index in [1.165, 1.54) is 0 Å². The molecular formula is C16H17NO. The van der Waals surface area contributed by atoms with Crippen LogP contribution in [0.5, 0.6) is 0 Å². The Hall–Kier alpha value is -1.90. The maximum atomic E-state index is 12.4. The second kappa shape index (κ2) is 5.63. The summed E-state index contributed by atoms with van der Waals surface area (Å²) >= 11 is 0. The minimum absolute atomic E-state index is 0.385. The second-order valence-electron chi connectivity index (χ2n) is 4.43. The molecule has 2 aromatic carbocycles. The predicted molar refractivity (Wildman–Crippen MR) is 77.9 cm³/mol. The third-order valence-corrected chi connectivity index (χ3v) is 2.87. The topological polar surface area (TPSA) is 23.1 Å². The molecule has 0 radical (unpaired) electrons. The highest BCUT2D eigenvalue weighted by Gasteiger charge is 2.10. The first-order valence-corrected chi connectivity index (χ1v) is 6.02. The maximum absolute atomic E-state index is 12.4. The average Bonchev–Trinajstić information content (AvgIpc) is 2.41. The molecule has 1 atom stereocenters. The quantitative estimate of drug-likeness (QED) is 0.587. The molecule has 0 aromatic heterocycles. The van der Waals surface area contributed by atoms with Crippen LogP contribution in [0.25, 0.3) is 6.08 Å². The van der Waals surface area contributed by atoms with Crippen LogP contribution in [0.3, 0.4) is 0 Å². The molecule has 0 aliphatic rings. The zero-order valence-corrected chi connectivity index (χ0v) is 10.5. The van der Waals surface area contributed by atoms with Crippen LogP contribution in [0.1, 0.15) is 5.56 Å². The van der Waals surface area contributed by atoms with E-state index in [9.17, 15) is 5.21 Å². The van der Waals surface area contributed by atoms with Crippen molar-refractivity contribution in [1.29, 1.82) is 0 Å². The Bertz CT molecular complexity index is 503. The summed E-state index contributed by atoms with van der Waals surface area (Å²) in [5, 5.41) is 12.4. The summed E-state index contributed by atoms with van der Waals surface area (Å²) < 4.78 is -0.385. The molecule has 18 heavy (non-hydrogen) atoms. The molecular weight excluding hydrogens is 222 g/mol. The monoisotopic (exact) mass is 239 g/mol. The molecule has 92 valence electrons. The fourth-order valence-electron chi connectivity index (χ4n) is 1.80. The molecule has 1 unspecified atom stereocenters. The van der Waals surface area contributed by atoms with Gasteiger partial charge in [0.1, 0.15) is 12.2 Å². The lowest BCUT2D eigenvalue weighted by Gasteiger charge is -2.36. The predicted octanol–water partition coefficient (Wildman–Crippen LogP) is 3.83. The summed E-state index contributed by atoms with van der Waals surface area (Å²) in [5.74, 6) is 0. The molecule has 0 N–H and O–H groups in total. The summed E-state index contributed by atoms with van der Waals surface area (Å²) in [6, 6.07) is 19.4. The molecule has 2 nitrogen and oxygen atoms in total. The molecule has 0 spiro atoms. The molecule has 0 saturated carbocycles. The minimum atomic E-state index is -0.385. The number of nitrogens with zero attached hydrogens (tertiary/aromatic N) is 1. The van der Waals surface area contributed by atoms with Crippen LogP contribution in [-0.2, 0) is 0 Å². The SMILES string of the molecule is C[N+]([O-])(C/C=C/c1ccccc1)c1ccccc1. The Morgan fingerprint density at radius 1 is 0.944 bits per heavy atom. The van der Waals surface area contributed by atoms with Gasteiger partial charge in [-0.1, -0.05) is 54.6 Å². The number of hydroxylamine groups is 2. The first-order valence-electron chi connectivity index (χ1n) is 6.02. The Kier molecular flexibility index (Phi) is 3.92. The molecule has 0 aliphatic carbocycles. The van der Waals surface area contributed by atoms with Gasteiger partial charge in [0.25, 0.3) is 0 Å². The molecule has 2 aromatic rings. The van der Waals surface area contributed by atoms with Crippen molar-refractivity contribution in [3.63, 3.8) is 0 Å². The van der Waals surface area contributed by atoms with Crippen molar-refractivity contribution < 1.29 is 0 Å². The van der Waals surface area contributed by atoms with Crippen LogP contribution < -0.4 is 4.65 Å². The van der Waals surface area contributed by atoms with Gasteiger partial charge in [0.05, 0.1) is 7.05 Å². The highest BCUT2D eigenvalue weighted by atomic mass is 16.5. The van der Waals surface area contributed by atoms with Crippen molar-refractivity contribution in [3.05, 3.63) is 77.5 Å². The smallest absolute Gasteiger partial charge is 0.132 e. The van der Waals surface area contributed by atoms with E-state index in [-0.39, 0.29) is 4.65 Å². The molecule has 0 aliphatic heterocycles. The van der Waals surface area contributed by atoms with Gasteiger partial charge in [-0.15, -0.1) is 0 Å². The van der Waals surface area contributed by atoms with Crippen LogP contribution in [0, 0.1) is 5.21 Å².